The second kappa shape index (κ2) is 17.9. The zero-order chi connectivity index (χ0) is 12.8. The topological polar surface area (TPSA) is 40.1 Å². The molecule has 0 radical (unpaired) electrons. The summed E-state index contributed by atoms with van der Waals surface area (Å²) in [6, 6.07) is 12.0. The van der Waals surface area contributed by atoms with E-state index in [2.05, 4.69) is 19.7 Å². The molecule has 2 nitrogen and oxygen atoms in total. The van der Waals surface area contributed by atoms with Crippen LogP contribution in [-0.4, -0.2) is 5.97 Å². The standard InChI is InChI=1S/C6H6.C4H6O2.C4H6.K/c1-2-4-6-5-3-1;1-3(2)4(5)6;1-3-4-2;/h1-6H;1H2,2H3,(H,5,6);3-4H,1-2H2;/q;;;+1/p-1. The molecule has 1 aromatic carbocycles. The summed E-state index contributed by atoms with van der Waals surface area (Å²) in [4.78, 5) is 9.49. The average Bonchev–Trinajstić information content (AvgIpc) is 2.32. The van der Waals surface area contributed by atoms with E-state index in [9.17, 15) is 9.90 Å². The van der Waals surface area contributed by atoms with Gasteiger partial charge in [-0.2, -0.15) is 0 Å². The largest absolute Gasteiger partial charge is 1.00 e. The van der Waals surface area contributed by atoms with Gasteiger partial charge in [-0.15, -0.1) is 0 Å². The van der Waals surface area contributed by atoms with Crippen LogP contribution in [0.4, 0.5) is 0 Å². The summed E-state index contributed by atoms with van der Waals surface area (Å²) >= 11 is 0. The zero-order valence-corrected chi connectivity index (χ0v) is 13.7. The maximum absolute atomic E-state index is 9.49. The molecule has 0 aromatic heterocycles. The first kappa shape index (κ1) is 21.8. The van der Waals surface area contributed by atoms with Gasteiger partial charge in [0.15, 0.2) is 0 Å². The van der Waals surface area contributed by atoms with Crippen molar-refractivity contribution in [3.63, 3.8) is 0 Å². The van der Waals surface area contributed by atoms with E-state index in [0.29, 0.717) is 0 Å². The fraction of sp³-hybridized carbons (Fsp3) is 0.0714. The van der Waals surface area contributed by atoms with Gasteiger partial charge in [0.1, 0.15) is 0 Å². The summed E-state index contributed by atoms with van der Waals surface area (Å²) in [5.74, 6) is -1.19. The van der Waals surface area contributed by atoms with Crippen molar-refractivity contribution in [1.29, 1.82) is 0 Å². The third-order valence-electron chi connectivity index (χ3n) is 1.18. The van der Waals surface area contributed by atoms with E-state index in [4.69, 9.17) is 0 Å². The first-order valence-electron chi connectivity index (χ1n) is 4.66. The fourth-order valence-corrected chi connectivity index (χ4v) is 0.385. The molecule has 0 saturated heterocycles. The van der Waals surface area contributed by atoms with Crippen molar-refractivity contribution in [3.8, 4) is 0 Å². The molecule has 0 spiro atoms. The van der Waals surface area contributed by atoms with Crippen LogP contribution in [-0.2, 0) is 4.79 Å². The maximum atomic E-state index is 9.49. The van der Waals surface area contributed by atoms with Crippen LogP contribution in [0.25, 0.3) is 0 Å². The Kier molecular flexibility index (Phi) is 23.0. The van der Waals surface area contributed by atoms with E-state index in [1.165, 1.54) is 6.92 Å². The number of carbonyl (C=O) groups is 1. The molecule has 3 heteroatoms. The fourth-order valence-electron chi connectivity index (χ4n) is 0.385. The average molecular weight is 256 g/mol. The van der Waals surface area contributed by atoms with Crippen LogP contribution in [0.15, 0.2) is 73.9 Å². The SMILES string of the molecule is C=C(C)C(=O)[O-].C=CC=C.[K+].c1ccccc1. The predicted molar refractivity (Wildman–Crippen MR) is 66.7 cm³/mol. The molecule has 0 aliphatic carbocycles. The molecule has 0 aliphatic rings. The Morgan fingerprint density at radius 2 is 1.18 bits per heavy atom. The van der Waals surface area contributed by atoms with Crippen LogP contribution in [0.2, 0.25) is 0 Å². The molecule has 1 aromatic rings. The van der Waals surface area contributed by atoms with Gasteiger partial charge in [0, 0.05) is 0 Å². The number of rotatable bonds is 2. The third kappa shape index (κ3) is 25.6. The smallest absolute Gasteiger partial charge is 0.545 e. The second-order valence-corrected chi connectivity index (χ2v) is 2.69. The molecule has 0 unspecified atom stereocenters. The number of carbonyl (C=O) groups excluding carboxylic acids is 1. The van der Waals surface area contributed by atoms with Crippen LogP contribution in [0.3, 0.4) is 0 Å². The van der Waals surface area contributed by atoms with E-state index in [1.54, 1.807) is 12.2 Å². The number of allylic oxidation sites excluding steroid dienone is 2. The molecular weight excluding hydrogens is 239 g/mol. The van der Waals surface area contributed by atoms with Gasteiger partial charge in [0.25, 0.3) is 0 Å². The molecule has 0 aliphatic heterocycles. The molecular formula is C14H17KO2. The number of aliphatic carboxylic acids is 1. The predicted octanol–water partition coefficient (Wildman–Crippen LogP) is -0.639. The molecule has 1 rings (SSSR count). The van der Waals surface area contributed by atoms with Gasteiger partial charge in [-0.05, 0) is 12.5 Å². The Labute approximate surface area is 146 Å². The molecule has 0 heterocycles. The van der Waals surface area contributed by atoms with Gasteiger partial charge in [-0.25, -0.2) is 0 Å². The number of hydrogen-bond donors (Lipinski definition) is 0. The first-order chi connectivity index (χ1) is 7.56. The van der Waals surface area contributed by atoms with Crippen molar-refractivity contribution in [2.24, 2.45) is 0 Å². The first-order valence-corrected chi connectivity index (χ1v) is 4.66. The zero-order valence-electron chi connectivity index (χ0n) is 10.6. The van der Waals surface area contributed by atoms with E-state index in [-0.39, 0.29) is 57.0 Å². The van der Waals surface area contributed by atoms with Crippen molar-refractivity contribution in [2.75, 3.05) is 0 Å². The molecule has 0 amide bonds. The number of carboxylic acids is 1. The van der Waals surface area contributed by atoms with Gasteiger partial charge in [-0.1, -0.05) is 68.3 Å². The normalized spacial score (nSPS) is 6.65. The van der Waals surface area contributed by atoms with Crippen molar-refractivity contribution in [1.82, 2.24) is 0 Å². The van der Waals surface area contributed by atoms with Gasteiger partial charge in [0.05, 0.1) is 5.97 Å². The van der Waals surface area contributed by atoms with E-state index in [1.807, 2.05) is 36.4 Å². The summed E-state index contributed by atoms with van der Waals surface area (Å²) in [5, 5.41) is 9.49. The Hall–Kier alpha value is -0.454. The van der Waals surface area contributed by atoms with Gasteiger partial charge >= 0.3 is 51.4 Å². The Balaban J connectivity index is -0.000000172. The number of carboxylic acid groups (broad SMARTS) is 1. The van der Waals surface area contributed by atoms with Gasteiger partial charge in [-0.3, -0.25) is 0 Å². The molecule has 17 heavy (non-hydrogen) atoms. The van der Waals surface area contributed by atoms with Crippen LogP contribution >= 0.6 is 0 Å². The van der Waals surface area contributed by atoms with Crippen LogP contribution in [0, 0.1) is 0 Å². The molecule has 86 valence electrons. The summed E-state index contributed by atoms with van der Waals surface area (Å²) in [6.07, 6.45) is 3.28. The summed E-state index contributed by atoms with van der Waals surface area (Å²) < 4.78 is 0. The minimum Gasteiger partial charge on any atom is -0.545 e. The van der Waals surface area contributed by atoms with Crippen LogP contribution in [0.1, 0.15) is 6.92 Å². The van der Waals surface area contributed by atoms with E-state index in [0.717, 1.165) is 0 Å². The minimum absolute atomic E-state index is 0. The number of benzene rings is 1. The summed E-state index contributed by atoms with van der Waals surface area (Å²) in [7, 11) is 0. The molecule has 0 atom stereocenters. The van der Waals surface area contributed by atoms with Crippen molar-refractivity contribution >= 4 is 5.97 Å². The Morgan fingerprint density at radius 3 is 1.24 bits per heavy atom. The Morgan fingerprint density at radius 1 is 1.00 bits per heavy atom. The van der Waals surface area contributed by atoms with E-state index < -0.39 is 5.97 Å². The molecule has 0 bridgehead atoms. The Bertz CT molecular complexity index is 274. The van der Waals surface area contributed by atoms with Crippen molar-refractivity contribution < 1.29 is 61.3 Å². The van der Waals surface area contributed by atoms with E-state index >= 15 is 0 Å². The second-order valence-electron chi connectivity index (χ2n) is 2.69. The van der Waals surface area contributed by atoms with Crippen LogP contribution in [0.5, 0.6) is 0 Å². The van der Waals surface area contributed by atoms with Crippen molar-refractivity contribution in [2.45, 2.75) is 6.92 Å². The van der Waals surface area contributed by atoms with Gasteiger partial charge < -0.3 is 9.90 Å². The van der Waals surface area contributed by atoms with Gasteiger partial charge in [0.2, 0.25) is 0 Å². The molecule has 0 saturated carbocycles. The molecule has 0 N–H and O–H groups in total. The molecule has 0 fully saturated rings. The number of hydrogen-bond acceptors (Lipinski definition) is 2. The minimum atomic E-state index is -1.19. The third-order valence-corrected chi connectivity index (χ3v) is 1.18. The summed E-state index contributed by atoms with van der Waals surface area (Å²) in [6.45, 7) is 11.2. The monoisotopic (exact) mass is 256 g/mol. The quantitative estimate of drug-likeness (QED) is 0.401. The van der Waals surface area contributed by atoms with Crippen LogP contribution < -0.4 is 56.5 Å². The summed E-state index contributed by atoms with van der Waals surface area (Å²) in [5.41, 5.74) is 0.0648. The van der Waals surface area contributed by atoms with Crippen molar-refractivity contribution in [3.05, 3.63) is 73.9 Å². The maximum Gasteiger partial charge on any atom is 1.00 e.